The van der Waals surface area contributed by atoms with E-state index in [0.717, 1.165) is 42.7 Å². The van der Waals surface area contributed by atoms with E-state index in [0.29, 0.717) is 6.54 Å². The minimum Gasteiger partial charge on any atom is -0.496 e. The first-order valence-electron chi connectivity index (χ1n) is 8.78. The number of carbonyl (C=O) groups excluding carboxylic acids is 1. The standard InChI is InChI=1S/C19H27BrN2O3/c1-18(2,3)25-17(23)22-10-9-21(13-19(22)7-8-19)12-14-11-15(20)5-6-16(14)24-4/h5-6,11H,7-10,12-13H2,1-4H3. The number of rotatable bonds is 3. The fourth-order valence-corrected chi connectivity index (χ4v) is 3.89. The van der Waals surface area contributed by atoms with Gasteiger partial charge in [-0.05, 0) is 51.8 Å². The number of amides is 1. The van der Waals surface area contributed by atoms with Crippen LogP contribution in [0.1, 0.15) is 39.2 Å². The third kappa shape index (κ3) is 4.29. The van der Waals surface area contributed by atoms with Crippen molar-refractivity contribution in [2.45, 2.75) is 51.3 Å². The molecule has 1 aromatic carbocycles. The molecule has 0 radical (unpaired) electrons. The molecule has 6 heteroatoms. The van der Waals surface area contributed by atoms with E-state index in [1.54, 1.807) is 7.11 Å². The molecule has 1 saturated carbocycles. The van der Waals surface area contributed by atoms with Gasteiger partial charge in [-0.15, -0.1) is 0 Å². The summed E-state index contributed by atoms with van der Waals surface area (Å²) < 4.78 is 12.1. The molecule has 0 unspecified atom stereocenters. The lowest BCUT2D eigenvalue weighted by molar-refractivity contribution is -0.00817. The number of nitrogens with zero attached hydrogens (tertiary/aromatic N) is 2. The van der Waals surface area contributed by atoms with Gasteiger partial charge >= 0.3 is 6.09 Å². The molecule has 138 valence electrons. The van der Waals surface area contributed by atoms with Crippen LogP contribution < -0.4 is 4.74 Å². The van der Waals surface area contributed by atoms with Crippen LogP contribution in [0.15, 0.2) is 22.7 Å². The van der Waals surface area contributed by atoms with Gasteiger partial charge in [0, 0.05) is 36.2 Å². The molecule has 1 spiro atoms. The quantitative estimate of drug-likeness (QED) is 0.753. The predicted molar refractivity (Wildman–Crippen MR) is 101 cm³/mol. The molecular weight excluding hydrogens is 384 g/mol. The summed E-state index contributed by atoms with van der Waals surface area (Å²) in [6, 6.07) is 6.09. The summed E-state index contributed by atoms with van der Waals surface area (Å²) in [5.41, 5.74) is 0.673. The highest BCUT2D eigenvalue weighted by Crippen LogP contribution is 2.45. The average Bonchev–Trinajstić information content (AvgIpc) is 3.25. The van der Waals surface area contributed by atoms with E-state index in [-0.39, 0.29) is 11.6 Å². The Kier molecular flexibility index (Phi) is 5.04. The van der Waals surface area contributed by atoms with Crippen molar-refractivity contribution >= 4 is 22.0 Å². The molecule has 0 atom stereocenters. The maximum Gasteiger partial charge on any atom is 0.410 e. The number of halogens is 1. The molecule has 1 amide bonds. The Bertz CT molecular complexity index is 653. The fraction of sp³-hybridized carbons (Fsp3) is 0.632. The van der Waals surface area contributed by atoms with Crippen molar-refractivity contribution in [3.8, 4) is 5.75 Å². The molecule has 25 heavy (non-hydrogen) atoms. The largest absolute Gasteiger partial charge is 0.496 e. The van der Waals surface area contributed by atoms with Gasteiger partial charge in [0.1, 0.15) is 11.4 Å². The first kappa shape index (κ1) is 18.5. The van der Waals surface area contributed by atoms with Gasteiger partial charge in [0.2, 0.25) is 0 Å². The van der Waals surface area contributed by atoms with Crippen molar-refractivity contribution in [3.05, 3.63) is 28.2 Å². The third-order valence-corrected chi connectivity index (χ3v) is 5.30. The molecule has 1 heterocycles. The Morgan fingerprint density at radius 1 is 1.28 bits per heavy atom. The number of piperazine rings is 1. The van der Waals surface area contributed by atoms with Crippen LogP contribution >= 0.6 is 15.9 Å². The number of methoxy groups -OCH3 is 1. The summed E-state index contributed by atoms with van der Waals surface area (Å²) in [6.07, 6.45) is 1.93. The zero-order chi connectivity index (χ0) is 18.2. The SMILES string of the molecule is COc1ccc(Br)cc1CN1CCN(C(=O)OC(C)(C)C)C2(CC2)C1. The highest BCUT2D eigenvalue weighted by atomic mass is 79.9. The monoisotopic (exact) mass is 410 g/mol. The zero-order valence-electron chi connectivity index (χ0n) is 15.5. The maximum atomic E-state index is 12.5. The normalized spacial score (nSPS) is 19.8. The Labute approximate surface area is 158 Å². The second-order valence-electron chi connectivity index (χ2n) is 8.02. The Morgan fingerprint density at radius 3 is 2.60 bits per heavy atom. The fourth-order valence-electron chi connectivity index (χ4n) is 3.48. The van der Waals surface area contributed by atoms with E-state index in [2.05, 4.69) is 26.9 Å². The molecule has 1 aliphatic heterocycles. The molecule has 1 saturated heterocycles. The summed E-state index contributed by atoms with van der Waals surface area (Å²) in [6.45, 7) is 9.02. The summed E-state index contributed by atoms with van der Waals surface area (Å²) in [5, 5.41) is 0. The van der Waals surface area contributed by atoms with Crippen LogP contribution in [0.3, 0.4) is 0 Å². The molecule has 5 nitrogen and oxygen atoms in total. The van der Waals surface area contributed by atoms with Crippen LogP contribution in [0.4, 0.5) is 4.79 Å². The molecule has 0 bridgehead atoms. The summed E-state index contributed by atoms with van der Waals surface area (Å²) in [7, 11) is 1.70. The molecular formula is C19H27BrN2O3. The van der Waals surface area contributed by atoms with Crippen LogP contribution in [0.25, 0.3) is 0 Å². The third-order valence-electron chi connectivity index (χ3n) is 4.81. The van der Waals surface area contributed by atoms with Gasteiger partial charge in [-0.1, -0.05) is 15.9 Å². The number of hydrogen-bond donors (Lipinski definition) is 0. The lowest BCUT2D eigenvalue weighted by Gasteiger charge is -2.42. The Hall–Kier alpha value is -1.27. The zero-order valence-corrected chi connectivity index (χ0v) is 17.1. The van der Waals surface area contributed by atoms with Gasteiger partial charge in [-0.25, -0.2) is 4.79 Å². The van der Waals surface area contributed by atoms with E-state index in [9.17, 15) is 4.79 Å². The highest BCUT2D eigenvalue weighted by Gasteiger charge is 2.54. The summed E-state index contributed by atoms with van der Waals surface area (Å²) >= 11 is 3.54. The molecule has 3 rings (SSSR count). The van der Waals surface area contributed by atoms with Crippen LogP contribution in [0.2, 0.25) is 0 Å². The van der Waals surface area contributed by atoms with Crippen LogP contribution in [-0.4, -0.2) is 53.8 Å². The molecule has 1 aliphatic carbocycles. The Balaban J connectivity index is 1.68. The smallest absolute Gasteiger partial charge is 0.410 e. The predicted octanol–water partition coefficient (Wildman–Crippen LogP) is 4.04. The van der Waals surface area contributed by atoms with Crippen molar-refractivity contribution in [2.24, 2.45) is 0 Å². The van der Waals surface area contributed by atoms with Crippen molar-refractivity contribution < 1.29 is 14.3 Å². The van der Waals surface area contributed by atoms with Crippen molar-refractivity contribution in [1.82, 2.24) is 9.80 Å². The first-order chi connectivity index (χ1) is 11.7. The first-order valence-corrected chi connectivity index (χ1v) is 9.57. The maximum absolute atomic E-state index is 12.5. The van der Waals surface area contributed by atoms with Crippen molar-refractivity contribution in [2.75, 3.05) is 26.7 Å². The second kappa shape index (κ2) is 6.80. The van der Waals surface area contributed by atoms with Crippen LogP contribution in [0, 0.1) is 0 Å². The molecule has 0 N–H and O–H groups in total. The van der Waals surface area contributed by atoms with Gasteiger partial charge in [0.25, 0.3) is 0 Å². The van der Waals surface area contributed by atoms with Crippen LogP contribution in [0.5, 0.6) is 5.75 Å². The lowest BCUT2D eigenvalue weighted by Crippen LogP contribution is -2.57. The molecule has 2 aliphatic rings. The number of benzene rings is 1. The average molecular weight is 411 g/mol. The van der Waals surface area contributed by atoms with E-state index >= 15 is 0 Å². The minimum absolute atomic E-state index is 0.0418. The van der Waals surface area contributed by atoms with Crippen LogP contribution in [-0.2, 0) is 11.3 Å². The van der Waals surface area contributed by atoms with Gasteiger partial charge < -0.3 is 9.47 Å². The Morgan fingerprint density at radius 2 is 2.00 bits per heavy atom. The van der Waals surface area contributed by atoms with Gasteiger partial charge in [-0.3, -0.25) is 9.80 Å². The molecule has 1 aromatic rings. The van der Waals surface area contributed by atoms with Gasteiger partial charge in [0.15, 0.2) is 0 Å². The van der Waals surface area contributed by atoms with E-state index in [1.165, 1.54) is 5.56 Å². The number of carbonyl (C=O) groups is 1. The van der Waals surface area contributed by atoms with Crippen molar-refractivity contribution in [1.29, 1.82) is 0 Å². The van der Waals surface area contributed by atoms with E-state index in [1.807, 2.05) is 37.8 Å². The summed E-state index contributed by atoms with van der Waals surface area (Å²) in [4.78, 5) is 16.9. The lowest BCUT2D eigenvalue weighted by atomic mass is 10.1. The number of ether oxygens (including phenoxy) is 2. The number of hydrogen-bond acceptors (Lipinski definition) is 4. The second-order valence-corrected chi connectivity index (χ2v) is 8.94. The van der Waals surface area contributed by atoms with Crippen molar-refractivity contribution in [3.63, 3.8) is 0 Å². The van der Waals surface area contributed by atoms with E-state index < -0.39 is 5.60 Å². The van der Waals surface area contributed by atoms with Gasteiger partial charge in [-0.2, -0.15) is 0 Å². The minimum atomic E-state index is -0.450. The topological polar surface area (TPSA) is 42.0 Å². The van der Waals surface area contributed by atoms with E-state index in [4.69, 9.17) is 9.47 Å². The molecule has 0 aromatic heterocycles. The molecule has 2 fully saturated rings. The summed E-state index contributed by atoms with van der Waals surface area (Å²) in [5.74, 6) is 0.905. The highest BCUT2D eigenvalue weighted by molar-refractivity contribution is 9.10. The van der Waals surface area contributed by atoms with Gasteiger partial charge in [0.05, 0.1) is 12.6 Å².